The third kappa shape index (κ3) is 4.82. The maximum Gasteiger partial charge on any atom is 0.293 e. The van der Waals surface area contributed by atoms with Crippen LogP contribution >= 0.6 is 68.5 Å². The third-order valence-corrected chi connectivity index (χ3v) is 6.51. The van der Waals surface area contributed by atoms with Crippen LogP contribution in [0.25, 0.3) is 6.08 Å². The van der Waals surface area contributed by atoms with Gasteiger partial charge in [0.15, 0.2) is 0 Å². The topological polar surface area (TPSA) is 46.6 Å². The molecule has 0 bridgehead atoms. The molecule has 9 heteroatoms. The number of amides is 2. The van der Waals surface area contributed by atoms with Gasteiger partial charge in [0.2, 0.25) is 0 Å². The van der Waals surface area contributed by atoms with E-state index in [4.69, 9.17) is 16.3 Å². The lowest BCUT2D eigenvalue weighted by atomic mass is 10.1. The van der Waals surface area contributed by atoms with Gasteiger partial charge in [-0.05, 0) is 99.8 Å². The first-order valence-corrected chi connectivity index (χ1v) is 11.5. The highest BCUT2D eigenvalue weighted by Gasteiger charge is 2.35. The summed E-state index contributed by atoms with van der Waals surface area (Å²) in [5.41, 5.74) is 1.24. The van der Waals surface area contributed by atoms with Gasteiger partial charge in [-0.3, -0.25) is 14.5 Å². The molecule has 1 aliphatic heterocycles. The maximum atomic E-state index is 13.2. The lowest BCUT2D eigenvalue weighted by Crippen LogP contribution is -2.27. The summed E-state index contributed by atoms with van der Waals surface area (Å²) in [5, 5.41) is -0.219. The minimum absolute atomic E-state index is 0.0106. The molecule has 146 valence electrons. The van der Waals surface area contributed by atoms with E-state index in [9.17, 15) is 14.0 Å². The molecular weight excluding hydrogens is 631 g/mol. The molecule has 2 amide bonds. The first kappa shape index (κ1) is 21.8. The van der Waals surface area contributed by atoms with Crippen molar-refractivity contribution in [3.63, 3.8) is 0 Å². The number of carbonyl (C=O) groups is 2. The van der Waals surface area contributed by atoms with Crippen LogP contribution in [0.5, 0.6) is 5.75 Å². The number of hydrogen-bond acceptors (Lipinski definition) is 4. The molecule has 3 rings (SSSR count). The maximum absolute atomic E-state index is 13.2. The van der Waals surface area contributed by atoms with Crippen LogP contribution in [0.2, 0.25) is 5.02 Å². The number of thioether (sulfide) groups is 1. The molecule has 0 radical (unpaired) electrons. The van der Waals surface area contributed by atoms with E-state index in [2.05, 4.69) is 45.2 Å². The highest BCUT2D eigenvalue weighted by atomic mass is 127. The van der Waals surface area contributed by atoms with E-state index in [1.807, 2.05) is 19.1 Å². The Bertz CT molecular complexity index is 999. The van der Waals surface area contributed by atoms with Crippen LogP contribution < -0.4 is 4.74 Å². The van der Waals surface area contributed by atoms with Crippen molar-refractivity contribution in [2.75, 3.05) is 6.61 Å². The molecule has 1 fully saturated rings. The van der Waals surface area contributed by atoms with E-state index in [0.29, 0.717) is 22.8 Å². The van der Waals surface area contributed by atoms with Crippen LogP contribution in [0.15, 0.2) is 35.2 Å². The summed E-state index contributed by atoms with van der Waals surface area (Å²) in [4.78, 5) is 26.6. The number of benzene rings is 2. The molecule has 0 saturated carbocycles. The molecule has 0 unspecified atom stereocenters. The number of carbonyl (C=O) groups excluding carboxylic acids is 2. The van der Waals surface area contributed by atoms with Crippen LogP contribution in [-0.2, 0) is 11.3 Å². The van der Waals surface area contributed by atoms with Gasteiger partial charge in [0.05, 0.1) is 21.6 Å². The Morgan fingerprint density at radius 2 is 2.00 bits per heavy atom. The molecular formula is C19H13ClFI2NO3S. The first-order valence-electron chi connectivity index (χ1n) is 8.11. The van der Waals surface area contributed by atoms with E-state index >= 15 is 0 Å². The first-order chi connectivity index (χ1) is 13.3. The van der Waals surface area contributed by atoms with Crippen molar-refractivity contribution in [1.29, 1.82) is 0 Å². The standard InChI is InChI=1S/C19H13ClFI2NO3S/c1-2-27-17-11(5-13(22)8-15(17)23)6-16-18(25)24(19(26)28-16)9-10-3-4-12(21)7-14(10)20/h3-8H,2,9H2,1H3/b16-6+. The van der Waals surface area contributed by atoms with Gasteiger partial charge in [0.1, 0.15) is 11.6 Å². The predicted octanol–water partition coefficient (Wildman–Crippen LogP) is 6.32. The van der Waals surface area contributed by atoms with Crippen molar-refractivity contribution in [1.82, 2.24) is 4.90 Å². The van der Waals surface area contributed by atoms with Crippen LogP contribution in [-0.4, -0.2) is 22.7 Å². The minimum Gasteiger partial charge on any atom is -0.492 e. The molecule has 2 aromatic rings. The van der Waals surface area contributed by atoms with E-state index < -0.39 is 17.0 Å². The van der Waals surface area contributed by atoms with Gasteiger partial charge in [-0.15, -0.1) is 0 Å². The normalized spacial score (nSPS) is 15.6. The zero-order chi connectivity index (χ0) is 20.4. The fourth-order valence-electron chi connectivity index (χ4n) is 2.58. The predicted molar refractivity (Wildman–Crippen MR) is 126 cm³/mol. The monoisotopic (exact) mass is 643 g/mol. The number of nitrogens with zero attached hydrogens (tertiary/aromatic N) is 1. The summed E-state index contributed by atoms with van der Waals surface area (Å²) in [6.45, 7) is 2.36. The average Bonchev–Trinajstić information content (AvgIpc) is 2.87. The van der Waals surface area contributed by atoms with E-state index in [1.165, 1.54) is 12.1 Å². The summed E-state index contributed by atoms with van der Waals surface area (Å²) in [5.74, 6) is -0.205. The Morgan fingerprint density at radius 3 is 2.68 bits per heavy atom. The lowest BCUT2D eigenvalue weighted by Gasteiger charge is -2.14. The second-order valence-corrected chi connectivity index (χ2v) is 9.55. The van der Waals surface area contributed by atoms with Crippen molar-refractivity contribution in [3.8, 4) is 5.75 Å². The van der Waals surface area contributed by atoms with Gasteiger partial charge in [0, 0.05) is 14.2 Å². The molecule has 1 saturated heterocycles. The molecule has 0 spiro atoms. The summed E-state index contributed by atoms with van der Waals surface area (Å²) in [6.07, 6.45) is 1.67. The quantitative estimate of drug-likeness (QED) is 0.283. The van der Waals surface area contributed by atoms with Gasteiger partial charge in [-0.1, -0.05) is 17.7 Å². The second-order valence-electron chi connectivity index (χ2n) is 5.74. The van der Waals surface area contributed by atoms with Crippen molar-refractivity contribution in [2.24, 2.45) is 0 Å². The van der Waals surface area contributed by atoms with Crippen LogP contribution in [0.3, 0.4) is 0 Å². The van der Waals surface area contributed by atoms with Crippen LogP contribution in [0, 0.1) is 13.0 Å². The Morgan fingerprint density at radius 1 is 1.25 bits per heavy atom. The van der Waals surface area contributed by atoms with Crippen molar-refractivity contribution in [2.45, 2.75) is 13.5 Å². The molecule has 0 N–H and O–H groups in total. The third-order valence-electron chi connectivity index (χ3n) is 3.83. The Labute approximate surface area is 198 Å². The minimum atomic E-state index is -0.473. The highest BCUT2D eigenvalue weighted by molar-refractivity contribution is 14.1. The van der Waals surface area contributed by atoms with Gasteiger partial charge in [0.25, 0.3) is 11.1 Å². The number of halogens is 4. The molecule has 28 heavy (non-hydrogen) atoms. The van der Waals surface area contributed by atoms with Crippen molar-refractivity contribution >= 4 is 85.8 Å². The molecule has 1 aliphatic rings. The fraction of sp³-hybridized carbons (Fsp3) is 0.158. The van der Waals surface area contributed by atoms with E-state index in [0.717, 1.165) is 35.4 Å². The van der Waals surface area contributed by atoms with Gasteiger partial charge in [-0.25, -0.2) is 4.39 Å². The molecule has 0 atom stereocenters. The smallest absolute Gasteiger partial charge is 0.293 e. The van der Waals surface area contributed by atoms with Crippen molar-refractivity contribution in [3.05, 3.63) is 64.3 Å². The number of hydrogen-bond donors (Lipinski definition) is 0. The van der Waals surface area contributed by atoms with Crippen molar-refractivity contribution < 1.29 is 18.7 Å². The molecule has 2 aromatic carbocycles. The Kier molecular flexibility index (Phi) is 7.26. The van der Waals surface area contributed by atoms with Crippen LogP contribution in [0.4, 0.5) is 9.18 Å². The zero-order valence-corrected chi connectivity index (χ0v) is 20.4. The van der Waals surface area contributed by atoms with Gasteiger partial charge in [-0.2, -0.15) is 0 Å². The second kappa shape index (κ2) is 9.31. The molecule has 0 aromatic heterocycles. The molecule has 1 heterocycles. The lowest BCUT2D eigenvalue weighted by molar-refractivity contribution is -0.123. The van der Waals surface area contributed by atoms with E-state index in [1.54, 1.807) is 6.08 Å². The number of imide groups is 1. The highest BCUT2D eigenvalue weighted by Crippen LogP contribution is 2.37. The summed E-state index contributed by atoms with van der Waals surface area (Å²) >= 11 is 11.3. The SMILES string of the molecule is CCOc1c(I)cc(I)cc1/C=C1/SC(=O)N(Cc2ccc(F)cc2Cl)C1=O. The van der Waals surface area contributed by atoms with Crippen LogP contribution in [0.1, 0.15) is 18.1 Å². The number of rotatable bonds is 5. The fourth-order valence-corrected chi connectivity index (χ4v) is 5.68. The Balaban J connectivity index is 1.91. The zero-order valence-electron chi connectivity index (χ0n) is 14.5. The summed E-state index contributed by atoms with van der Waals surface area (Å²) < 4.78 is 20.9. The van der Waals surface area contributed by atoms with Gasteiger partial charge >= 0.3 is 0 Å². The van der Waals surface area contributed by atoms with E-state index in [-0.39, 0.29) is 11.6 Å². The Hall–Kier alpha value is -0.850. The summed E-state index contributed by atoms with van der Waals surface area (Å²) in [6, 6.07) is 7.76. The molecule has 4 nitrogen and oxygen atoms in total. The average molecular weight is 644 g/mol. The molecule has 0 aliphatic carbocycles. The number of ether oxygens (including phenoxy) is 1. The largest absolute Gasteiger partial charge is 0.492 e. The summed E-state index contributed by atoms with van der Waals surface area (Å²) in [7, 11) is 0. The van der Waals surface area contributed by atoms with Gasteiger partial charge < -0.3 is 4.74 Å².